The number of para-hydroxylation sites is 1. The molecule has 1 aromatic rings. The van der Waals surface area contributed by atoms with Crippen LogP contribution in [0.2, 0.25) is 0 Å². The summed E-state index contributed by atoms with van der Waals surface area (Å²) in [6.45, 7) is 2.20. The fraction of sp³-hybridized carbons (Fsp3) is 0.231. The second kappa shape index (κ2) is 4.72. The highest BCUT2D eigenvalue weighted by atomic mass is 79.9. The second-order valence-corrected chi connectivity index (χ2v) is 4.45. The van der Waals surface area contributed by atoms with E-state index >= 15 is 0 Å². The molecule has 1 heterocycles. The molecule has 0 saturated carbocycles. The van der Waals surface area contributed by atoms with E-state index in [9.17, 15) is 9.59 Å². The first-order chi connectivity index (χ1) is 8.16. The number of halogens is 1. The molecule has 0 N–H and O–H groups in total. The molecule has 0 aromatic heterocycles. The van der Waals surface area contributed by atoms with Crippen molar-refractivity contribution in [3.8, 4) is 11.8 Å². The van der Waals surface area contributed by atoms with Crippen LogP contribution < -0.4 is 4.90 Å². The largest absolute Gasteiger partial charge is 0.303 e. The molecule has 4 heteroatoms. The van der Waals surface area contributed by atoms with Gasteiger partial charge in [0, 0.05) is 17.4 Å². The third-order valence-corrected chi connectivity index (χ3v) is 3.22. The second-order valence-electron chi connectivity index (χ2n) is 3.60. The highest BCUT2D eigenvalue weighted by molar-refractivity contribution is 9.10. The quantitative estimate of drug-likeness (QED) is 0.620. The van der Waals surface area contributed by atoms with E-state index in [1.165, 1.54) is 4.90 Å². The molecule has 0 saturated heterocycles. The van der Waals surface area contributed by atoms with Crippen LogP contribution in [0, 0.1) is 11.8 Å². The third-order valence-electron chi connectivity index (χ3n) is 2.58. The average molecular weight is 292 g/mol. The van der Waals surface area contributed by atoms with E-state index in [1.54, 1.807) is 19.1 Å². The van der Waals surface area contributed by atoms with Gasteiger partial charge in [0.2, 0.25) is 0 Å². The van der Waals surface area contributed by atoms with Gasteiger partial charge in [-0.3, -0.25) is 9.59 Å². The van der Waals surface area contributed by atoms with Crippen LogP contribution in [0.25, 0.3) is 0 Å². The molecule has 1 aromatic carbocycles. The van der Waals surface area contributed by atoms with Crippen LogP contribution in [-0.4, -0.2) is 18.2 Å². The number of rotatable bonds is 2. The summed E-state index contributed by atoms with van der Waals surface area (Å²) in [6.07, 6.45) is 0.566. The minimum absolute atomic E-state index is 0.439. The van der Waals surface area contributed by atoms with Crippen molar-refractivity contribution < 1.29 is 9.59 Å². The highest BCUT2D eigenvalue weighted by Crippen LogP contribution is 2.35. The Balaban J connectivity index is 2.38. The number of fused-ring (bicyclic) bond motifs is 1. The summed E-state index contributed by atoms with van der Waals surface area (Å²) in [4.78, 5) is 25.1. The Morgan fingerprint density at radius 1 is 1.35 bits per heavy atom. The van der Waals surface area contributed by atoms with E-state index in [1.807, 2.05) is 6.07 Å². The van der Waals surface area contributed by atoms with Gasteiger partial charge in [0.1, 0.15) is 0 Å². The number of carbonyl (C=O) groups excluding carboxylic acids is 2. The summed E-state index contributed by atoms with van der Waals surface area (Å²) < 4.78 is 0.763. The Hall–Kier alpha value is -1.60. The maximum Gasteiger partial charge on any atom is 0.299 e. The lowest BCUT2D eigenvalue weighted by molar-refractivity contribution is -0.114. The molecule has 0 bridgehead atoms. The number of Topliss-reactive ketones (excluding diaryl/α,β-unsaturated/α-hetero) is 1. The highest BCUT2D eigenvalue weighted by Gasteiger charge is 2.36. The molecule has 0 aliphatic carbocycles. The van der Waals surface area contributed by atoms with Crippen molar-refractivity contribution in [2.45, 2.75) is 13.3 Å². The summed E-state index contributed by atoms with van der Waals surface area (Å²) in [7, 11) is 0. The van der Waals surface area contributed by atoms with Crippen molar-refractivity contribution in [1.29, 1.82) is 0 Å². The standard InChI is InChI=1S/C13H10BrNO2/c1-2-3-4-8-15-11-9(12(16)13(15)17)6-5-7-10(11)14/h5-7H,4,8H2,1H3. The van der Waals surface area contributed by atoms with E-state index in [-0.39, 0.29) is 0 Å². The van der Waals surface area contributed by atoms with Gasteiger partial charge in [0.15, 0.2) is 0 Å². The van der Waals surface area contributed by atoms with Crippen molar-refractivity contribution in [1.82, 2.24) is 0 Å². The summed E-state index contributed by atoms with van der Waals surface area (Å²) in [6, 6.07) is 5.25. The molecule has 0 radical (unpaired) electrons. The van der Waals surface area contributed by atoms with Gasteiger partial charge in [-0.05, 0) is 35.0 Å². The molecule has 0 atom stereocenters. The summed E-state index contributed by atoms with van der Waals surface area (Å²) in [5, 5.41) is 0. The van der Waals surface area contributed by atoms with Crippen LogP contribution in [0.5, 0.6) is 0 Å². The molecule has 3 nitrogen and oxygen atoms in total. The molecule has 0 fully saturated rings. The lowest BCUT2D eigenvalue weighted by atomic mass is 10.1. The average Bonchev–Trinajstić information content (AvgIpc) is 2.56. The Kier molecular flexibility index (Phi) is 3.30. The fourth-order valence-corrected chi connectivity index (χ4v) is 2.40. The van der Waals surface area contributed by atoms with Gasteiger partial charge in [-0.15, -0.1) is 11.8 Å². The summed E-state index contributed by atoms with van der Waals surface area (Å²) >= 11 is 3.37. The number of amides is 1. The van der Waals surface area contributed by atoms with E-state index < -0.39 is 11.7 Å². The summed E-state index contributed by atoms with van der Waals surface area (Å²) in [5.74, 6) is 4.76. The number of carbonyl (C=O) groups is 2. The Morgan fingerprint density at radius 3 is 2.82 bits per heavy atom. The predicted octanol–water partition coefficient (Wildman–Crippen LogP) is 2.39. The predicted molar refractivity (Wildman–Crippen MR) is 68.9 cm³/mol. The number of hydrogen-bond acceptors (Lipinski definition) is 2. The normalized spacial score (nSPS) is 13.4. The van der Waals surface area contributed by atoms with Gasteiger partial charge in [0.05, 0.1) is 11.3 Å². The molecule has 0 spiro atoms. The number of benzene rings is 1. The van der Waals surface area contributed by atoms with Gasteiger partial charge in [-0.25, -0.2) is 0 Å². The van der Waals surface area contributed by atoms with Crippen molar-refractivity contribution in [2.24, 2.45) is 0 Å². The third kappa shape index (κ3) is 1.98. The van der Waals surface area contributed by atoms with Crippen molar-refractivity contribution >= 4 is 33.3 Å². The van der Waals surface area contributed by atoms with E-state index in [4.69, 9.17) is 0 Å². The number of ketones is 1. The van der Waals surface area contributed by atoms with Gasteiger partial charge in [-0.1, -0.05) is 6.07 Å². The molecular formula is C13H10BrNO2. The fourth-order valence-electron chi connectivity index (χ4n) is 1.82. The van der Waals surface area contributed by atoms with Crippen LogP contribution in [-0.2, 0) is 4.79 Å². The zero-order valence-corrected chi connectivity index (χ0v) is 10.9. The van der Waals surface area contributed by atoms with Crippen LogP contribution in [0.4, 0.5) is 5.69 Å². The van der Waals surface area contributed by atoms with Crippen molar-refractivity contribution in [2.75, 3.05) is 11.4 Å². The van der Waals surface area contributed by atoms with Crippen LogP contribution >= 0.6 is 15.9 Å². The van der Waals surface area contributed by atoms with Gasteiger partial charge in [0.25, 0.3) is 11.7 Å². The Morgan fingerprint density at radius 2 is 2.12 bits per heavy atom. The zero-order valence-electron chi connectivity index (χ0n) is 9.29. The minimum Gasteiger partial charge on any atom is -0.303 e. The Bertz CT molecular complexity index is 554. The topological polar surface area (TPSA) is 37.4 Å². The first kappa shape index (κ1) is 11.9. The van der Waals surface area contributed by atoms with Gasteiger partial charge >= 0.3 is 0 Å². The SMILES string of the molecule is CC#CCCN1C(=O)C(=O)c2cccc(Br)c21. The van der Waals surface area contributed by atoms with Gasteiger partial charge < -0.3 is 4.90 Å². The Labute approximate surface area is 108 Å². The van der Waals surface area contributed by atoms with Gasteiger partial charge in [-0.2, -0.15) is 0 Å². The maximum absolute atomic E-state index is 11.8. The molecule has 1 aliphatic heterocycles. The zero-order chi connectivity index (χ0) is 12.4. The van der Waals surface area contributed by atoms with E-state index in [0.717, 1.165) is 4.47 Å². The first-order valence-electron chi connectivity index (χ1n) is 5.21. The number of anilines is 1. The number of hydrogen-bond donors (Lipinski definition) is 0. The number of nitrogens with zero attached hydrogens (tertiary/aromatic N) is 1. The molecule has 1 amide bonds. The van der Waals surface area contributed by atoms with Crippen LogP contribution in [0.1, 0.15) is 23.7 Å². The molecular weight excluding hydrogens is 282 g/mol. The molecule has 17 heavy (non-hydrogen) atoms. The smallest absolute Gasteiger partial charge is 0.299 e. The van der Waals surface area contributed by atoms with E-state index in [2.05, 4.69) is 27.8 Å². The van der Waals surface area contributed by atoms with Crippen molar-refractivity contribution in [3.63, 3.8) is 0 Å². The summed E-state index contributed by atoms with van der Waals surface area (Å²) in [5.41, 5.74) is 1.13. The van der Waals surface area contributed by atoms with Crippen molar-refractivity contribution in [3.05, 3.63) is 28.2 Å². The molecule has 86 valence electrons. The van der Waals surface area contributed by atoms with Crippen LogP contribution in [0.3, 0.4) is 0 Å². The van der Waals surface area contributed by atoms with E-state index in [0.29, 0.717) is 24.2 Å². The lowest BCUT2D eigenvalue weighted by Gasteiger charge is -2.15. The minimum atomic E-state index is -0.468. The lowest BCUT2D eigenvalue weighted by Crippen LogP contribution is -2.30. The maximum atomic E-state index is 11.8. The molecule has 1 aliphatic rings. The van der Waals surface area contributed by atoms with Crippen LogP contribution in [0.15, 0.2) is 22.7 Å². The molecule has 2 rings (SSSR count). The first-order valence-corrected chi connectivity index (χ1v) is 6.00. The molecule has 0 unspecified atom stereocenters. The monoisotopic (exact) mass is 291 g/mol.